The van der Waals surface area contributed by atoms with Gasteiger partial charge in [-0.3, -0.25) is 4.79 Å². The number of hydrogen-bond acceptors (Lipinski definition) is 4. The minimum absolute atomic E-state index is 0.0784. The summed E-state index contributed by atoms with van der Waals surface area (Å²) in [6, 6.07) is 3.11. The quantitative estimate of drug-likeness (QED) is 0.679. The van der Waals surface area contributed by atoms with Gasteiger partial charge in [-0.15, -0.1) is 0 Å². The van der Waals surface area contributed by atoms with Gasteiger partial charge >= 0.3 is 0 Å². The number of carbonyl (C=O) groups is 1. The van der Waals surface area contributed by atoms with Gasteiger partial charge < -0.3 is 21.5 Å². The van der Waals surface area contributed by atoms with Gasteiger partial charge in [-0.2, -0.15) is 0 Å². The van der Waals surface area contributed by atoms with Crippen LogP contribution in [0.2, 0.25) is 5.02 Å². The normalized spacial score (nSPS) is 10.4. The molecule has 0 aliphatic heterocycles. The molecule has 0 atom stereocenters. The minimum atomic E-state index is -0.568. The highest BCUT2D eigenvalue weighted by Crippen LogP contribution is 2.32. The van der Waals surface area contributed by atoms with Gasteiger partial charge in [-0.05, 0) is 25.5 Å². The van der Waals surface area contributed by atoms with Gasteiger partial charge in [0.05, 0.1) is 16.3 Å². The van der Waals surface area contributed by atoms with E-state index in [1.807, 2.05) is 11.8 Å². The summed E-state index contributed by atoms with van der Waals surface area (Å²) in [5.74, 6) is -0.568. The van der Waals surface area contributed by atoms with Crippen LogP contribution >= 0.6 is 11.6 Å². The van der Waals surface area contributed by atoms with Crippen molar-refractivity contribution in [3.63, 3.8) is 0 Å². The third-order valence-corrected chi connectivity index (χ3v) is 2.92. The topological polar surface area (TPSA) is 92.6 Å². The Morgan fingerprint density at radius 2 is 2.17 bits per heavy atom. The first kappa shape index (κ1) is 14.6. The number of carbonyl (C=O) groups excluding carboxylic acids is 1. The number of nitrogen functional groups attached to an aromatic ring is 1. The molecule has 18 heavy (non-hydrogen) atoms. The standard InChI is InChI=1S/C12H18ClN3O2/c1-2-16(4-3-5-17)11-9(12(15)18)6-8(14)7-10(11)13/h6-7,17H,2-5,14H2,1H3,(H2,15,18). The van der Waals surface area contributed by atoms with Gasteiger partial charge in [-0.25, -0.2) is 0 Å². The zero-order chi connectivity index (χ0) is 13.7. The van der Waals surface area contributed by atoms with E-state index in [-0.39, 0.29) is 6.61 Å². The number of aliphatic hydroxyl groups excluding tert-OH is 1. The molecular formula is C12H18ClN3O2. The summed E-state index contributed by atoms with van der Waals surface area (Å²) < 4.78 is 0. The summed E-state index contributed by atoms with van der Waals surface area (Å²) in [6.45, 7) is 3.27. The van der Waals surface area contributed by atoms with Crippen LogP contribution in [0.4, 0.5) is 11.4 Å². The monoisotopic (exact) mass is 271 g/mol. The van der Waals surface area contributed by atoms with Crippen LogP contribution < -0.4 is 16.4 Å². The molecule has 1 rings (SSSR count). The molecule has 0 fully saturated rings. The summed E-state index contributed by atoms with van der Waals surface area (Å²) in [5.41, 5.74) is 12.3. The molecule has 0 radical (unpaired) electrons. The molecule has 1 amide bonds. The molecule has 0 unspecified atom stereocenters. The summed E-state index contributed by atoms with van der Waals surface area (Å²) in [4.78, 5) is 13.4. The summed E-state index contributed by atoms with van der Waals surface area (Å²) in [6.07, 6.45) is 0.590. The number of halogens is 1. The number of nitrogens with two attached hydrogens (primary N) is 2. The fraction of sp³-hybridized carbons (Fsp3) is 0.417. The van der Waals surface area contributed by atoms with Crippen molar-refractivity contribution in [2.75, 3.05) is 30.3 Å². The van der Waals surface area contributed by atoms with E-state index in [9.17, 15) is 4.79 Å². The Labute approximate surface area is 111 Å². The lowest BCUT2D eigenvalue weighted by atomic mass is 10.1. The highest BCUT2D eigenvalue weighted by molar-refractivity contribution is 6.34. The molecule has 0 saturated carbocycles. The van der Waals surface area contributed by atoms with Gasteiger partial charge in [0.1, 0.15) is 0 Å². The average Bonchev–Trinajstić information content (AvgIpc) is 2.31. The molecular weight excluding hydrogens is 254 g/mol. The molecule has 0 aliphatic rings. The number of amides is 1. The molecule has 0 aliphatic carbocycles. The zero-order valence-electron chi connectivity index (χ0n) is 10.3. The van der Waals surface area contributed by atoms with Crippen molar-refractivity contribution < 1.29 is 9.90 Å². The number of primary amides is 1. The molecule has 100 valence electrons. The van der Waals surface area contributed by atoms with Gasteiger partial charge in [0.25, 0.3) is 5.91 Å². The number of nitrogens with zero attached hydrogens (tertiary/aromatic N) is 1. The first-order valence-electron chi connectivity index (χ1n) is 5.75. The van der Waals surface area contributed by atoms with E-state index < -0.39 is 5.91 Å². The molecule has 0 aromatic heterocycles. The van der Waals surface area contributed by atoms with Crippen molar-refractivity contribution in [1.82, 2.24) is 0 Å². The Morgan fingerprint density at radius 3 is 2.67 bits per heavy atom. The number of aliphatic hydroxyl groups is 1. The predicted octanol–water partition coefficient (Wildman–Crippen LogP) is 1.23. The van der Waals surface area contributed by atoms with E-state index in [2.05, 4.69) is 0 Å². The molecule has 0 spiro atoms. The van der Waals surface area contributed by atoms with E-state index >= 15 is 0 Å². The predicted molar refractivity (Wildman–Crippen MR) is 74.0 cm³/mol. The van der Waals surface area contributed by atoms with Crippen LogP contribution in [0.15, 0.2) is 12.1 Å². The lowest BCUT2D eigenvalue weighted by molar-refractivity contribution is 0.100. The van der Waals surface area contributed by atoms with E-state index in [1.165, 1.54) is 6.07 Å². The van der Waals surface area contributed by atoms with Crippen molar-refractivity contribution >= 4 is 28.9 Å². The zero-order valence-corrected chi connectivity index (χ0v) is 11.1. The van der Waals surface area contributed by atoms with E-state index in [4.69, 9.17) is 28.2 Å². The molecule has 6 heteroatoms. The Morgan fingerprint density at radius 1 is 1.50 bits per heavy atom. The second-order valence-corrected chi connectivity index (χ2v) is 4.33. The van der Waals surface area contributed by atoms with Crippen molar-refractivity contribution in [3.8, 4) is 0 Å². The SMILES string of the molecule is CCN(CCCO)c1c(Cl)cc(N)cc1C(N)=O. The Kier molecular flexibility index (Phi) is 5.25. The van der Waals surface area contributed by atoms with Crippen LogP contribution in [0.5, 0.6) is 0 Å². The van der Waals surface area contributed by atoms with E-state index in [0.29, 0.717) is 41.5 Å². The molecule has 1 aromatic rings. The van der Waals surface area contributed by atoms with Crippen molar-refractivity contribution in [2.45, 2.75) is 13.3 Å². The number of anilines is 2. The van der Waals surface area contributed by atoms with Crippen LogP contribution in [0.1, 0.15) is 23.7 Å². The van der Waals surface area contributed by atoms with Crippen molar-refractivity contribution in [1.29, 1.82) is 0 Å². The summed E-state index contributed by atoms with van der Waals surface area (Å²) in [5, 5.41) is 9.27. The van der Waals surface area contributed by atoms with Crippen molar-refractivity contribution in [3.05, 3.63) is 22.7 Å². The van der Waals surface area contributed by atoms with Crippen LogP contribution in [-0.4, -0.2) is 30.7 Å². The average molecular weight is 272 g/mol. The second-order valence-electron chi connectivity index (χ2n) is 3.92. The maximum atomic E-state index is 11.5. The lowest BCUT2D eigenvalue weighted by Crippen LogP contribution is -2.28. The van der Waals surface area contributed by atoms with E-state index in [0.717, 1.165) is 0 Å². The lowest BCUT2D eigenvalue weighted by Gasteiger charge is -2.26. The maximum Gasteiger partial charge on any atom is 0.250 e. The largest absolute Gasteiger partial charge is 0.399 e. The highest BCUT2D eigenvalue weighted by atomic mass is 35.5. The Hall–Kier alpha value is -1.46. The second kappa shape index (κ2) is 6.47. The maximum absolute atomic E-state index is 11.5. The van der Waals surface area contributed by atoms with Gasteiger partial charge in [0.15, 0.2) is 0 Å². The van der Waals surface area contributed by atoms with E-state index in [1.54, 1.807) is 6.07 Å². The molecule has 5 N–H and O–H groups in total. The first-order chi connectivity index (χ1) is 8.51. The molecule has 1 aromatic carbocycles. The number of rotatable bonds is 6. The van der Waals surface area contributed by atoms with Crippen LogP contribution in [0.25, 0.3) is 0 Å². The summed E-state index contributed by atoms with van der Waals surface area (Å²) in [7, 11) is 0. The molecule has 0 heterocycles. The molecule has 5 nitrogen and oxygen atoms in total. The smallest absolute Gasteiger partial charge is 0.250 e. The number of benzene rings is 1. The number of hydrogen-bond donors (Lipinski definition) is 3. The minimum Gasteiger partial charge on any atom is -0.399 e. The van der Waals surface area contributed by atoms with Crippen molar-refractivity contribution in [2.24, 2.45) is 5.73 Å². The molecule has 0 saturated heterocycles. The van der Waals surface area contributed by atoms with Crippen LogP contribution in [0, 0.1) is 0 Å². The third kappa shape index (κ3) is 3.27. The Balaban J connectivity index is 3.22. The Bertz CT molecular complexity index is 438. The highest BCUT2D eigenvalue weighted by Gasteiger charge is 2.18. The van der Waals surface area contributed by atoms with Gasteiger partial charge in [0, 0.05) is 25.4 Å². The third-order valence-electron chi connectivity index (χ3n) is 2.64. The fourth-order valence-electron chi connectivity index (χ4n) is 1.82. The van der Waals surface area contributed by atoms with Crippen LogP contribution in [-0.2, 0) is 0 Å². The van der Waals surface area contributed by atoms with Crippen LogP contribution in [0.3, 0.4) is 0 Å². The summed E-state index contributed by atoms with van der Waals surface area (Å²) >= 11 is 6.14. The van der Waals surface area contributed by atoms with Gasteiger partial charge in [0.2, 0.25) is 0 Å². The molecule has 0 bridgehead atoms. The fourth-order valence-corrected chi connectivity index (χ4v) is 2.17. The first-order valence-corrected chi connectivity index (χ1v) is 6.13. The van der Waals surface area contributed by atoms with Gasteiger partial charge in [-0.1, -0.05) is 11.6 Å².